The molecule has 0 aromatic heterocycles. The molecule has 2 aliphatic rings. The second kappa shape index (κ2) is 13.1. The summed E-state index contributed by atoms with van der Waals surface area (Å²) in [6.07, 6.45) is 7.04. The molecular weight excluding hydrogens is 507 g/mol. The number of ether oxygens (including phenoxy) is 2. The molecule has 3 rings (SSSR count). The molecule has 1 aliphatic heterocycles. The van der Waals surface area contributed by atoms with E-state index >= 15 is 0 Å². The number of rotatable bonds is 10. The molecule has 1 fully saturated rings. The molecule has 0 bridgehead atoms. The molecule has 0 spiro atoms. The summed E-state index contributed by atoms with van der Waals surface area (Å²) < 4.78 is 11.1. The van der Waals surface area contributed by atoms with Crippen LogP contribution in [-0.2, 0) is 9.53 Å². The number of hydrogen-bond donors (Lipinski definition) is 2. The second-order valence-corrected chi connectivity index (χ2v) is 8.16. The van der Waals surface area contributed by atoms with E-state index in [4.69, 9.17) is 9.47 Å². The van der Waals surface area contributed by atoms with Gasteiger partial charge in [-0.3, -0.25) is 9.79 Å². The highest BCUT2D eigenvalue weighted by molar-refractivity contribution is 14.0. The number of para-hydroxylation sites is 2. The number of halogens is 1. The molecule has 1 aromatic rings. The van der Waals surface area contributed by atoms with Crippen molar-refractivity contribution in [3.05, 3.63) is 24.3 Å². The fourth-order valence-electron chi connectivity index (χ4n) is 4.41. The van der Waals surface area contributed by atoms with E-state index < -0.39 is 0 Å². The third kappa shape index (κ3) is 7.24. The van der Waals surface area contributed by atoms with Crippen LogP contribution in [0.4, 0.5) is 5.69 Å². The molecule has 0 unspecified atom stereocenters. The first kappa shape index (κ1) is 25.7. The van der Waals surface area contributed by atoms with Crippen molar-refractivity contribution in [3.63, 3.8) is 0 Å². The fraction of sp³-hybridized carbons (Fsp3) is 0.652. The second-order valence-electron chi connectivity index (χ2n) is 8.16. The number of hydrogen-bond acceptors (Lipinski definition) is 4. The predicted molar refractivity (Wildman–Crippen MR) is 136 cm³/mol. The Kier molecular flexibility index (Phi) is 10.9. The maximum atomic E-state index is 12.3. The maximum absolute atomic E-state index is 12.3. The Morgan fingerprint density at radius 2 is 2.03 bits per heavy atom. The summed E-state index contributed by atoms with van der Waals surface area (Å²) in [6.45, 7) is 6.10. The third-order valence-corrected chi connectivity index (χ3v) is 6.16. The first-order valence-electron chi connectivity index (χ1n) is 11.2. The quantitative estimate of drug-likeness (QED) is 0.204. The SMILES string of the molecule is CCOCCC1(CNC(=NC)NCCCN2C(=O)COc3ccccc32)CCCC1.I. The van der Waals surface area contributed by atoms with Gasteiger partial charge in [-0.15, -0.1) is 24.0 Å². The highest BCUT2D eigenvalue weighted by Crippen LogP contribution is 2.40. The third-order valence-electron chi connectivity index (χ3n) is 6.16. The average molecular weight is 544 g/mol. The molecule has 2 N–H and O–H groups in total. The van der Waals surface area contributed by atoms with E-state index in [1.165, 1.54) is 25.7 Å². The zero-order chi connectivity index (χ0) is 21.2. The summed E-state index contributed by atoms with van der Waals surface area (Å²) in [6, 6.07) is 7.70. The van der Waals surface area contributed by atoms with Crippen LogP contribution in [-0.4, -0.2) is 58.4 Å². The van der Waals surface area contributed by atoms with E-state index in [0.29, 0.717) is 12.0 Å². The van der Waals surface area contributed by atoms with Crippen molar-refractivity contribution in [3.8, 4) is 5.75 Å². The van der Waals surface area contributed by atoms with Crippen LogP contribution in [0.25, 0.3) is 0 Å². The first-order chi connectivity index (χ1) is 14.7. The molecule has 8 heteroatoms. The number of nitrogens with zero attached hydrogens (tertiary/aromatic N) is 2. The van der Waals surface area contributed by atoms with Gasteiger partial charge < -0.3 is 25.0 Å². The van der Waals surface area contributed by atoms with E-state index in [1.54, 1.807) is 7.05 Å². The lowest BCUT2D eigenvalue weighted by Gasteiger charge is -2.30. The maximum Gasteiger partial charge on any atom is 0.265 e. The first-order valence-corrected chi connectivity index (χ1v) is 11.2. The standard InChI is InChI=1S/C23H36N4O3.HI/c1-3-29-16-13-23(11-6-7-12-23)18-26-22(24-2)25-14-8-15-27-19-9-4-5-10-20(19)30-17-21(27)28;/h4-5,9-10H,3,6-8,11-18H2,1-2H3,(H2,24,25,26);1H. The van der Waals surface area contributed by atoms with Gasteiger partial charge in [-0.25, -0.2) is 0 Å². The number of carbonyl (C=O) groups excluding carboxylic acids is 1. The van der Waals surface area contributed by atoms with Gasteiger partial charge in [-0.05, 0) is 50.2 Å². The van der Waals surface area contributed by atoms with Gasteiger partial charge in [0.15, 0.2) is 12.6 Å². The topological polar surface area (TPSA) is 75.2 Å². The smallest absolute Gasteiger partial charge is 0.265 e. The number of anilines is 1. The zero-order valence-electron chi connectivity index (χ0n) is 18.8. The lowest BCUT2D eigenvalue weighted by Crippen LogP contribution is -2.44. The number of guanidine groups is 1. The van der Waals surface area contributed by atoms with E-state index in [2.05, 4.69) is 22.5 Å². The minimum Gasteiger partial charge on any atom is -0.482 e. The Hall–Kier alpha value is -1.55. The van der Waals surface area contributed by atoms with Crippen LogP contribution in [0, 0.1) is 5.41 Å². The Balaban J connectivity index is 0.00000341. The summed E-state index contributed by atoms with van der Waals surface area (Å²) >= 11 is 0. The molecule has 1 heterocycles. The van der Waals surface area contributed by atoms with Crippen LogP contribution in [0.15, 0.2) is 29.3 Å². The molecule has 0 radical (unpaired) electrons. The van der Waals surface area contributed by atoms with Crippen LogP contribution < -0.4 is 20.3 Å². The van der Waals surface area contributed by atoms with E-state index in [-0.39, 0.29) is 36.5 Å². The van der Waals surface area contributed by atoms with E-state index in [0.717, 1.165) is 56.5 Å². The number of fused-ring (bicyclic) bond motifs is 1. The number of nitrogens with one attached hydrogen (secondary N) is 2. The Morgan fingerprint density at radius 3 is 2.77 bits per heavy atom. The minimum absolute atomic E-state index is 0. The predicted octanol–water partition coefficient (Wildman–Crippen LogP) is 3.57. The highest BCUT2D eigenvalue weighted by atomic mass is 127. The van der Waals surface area contributed by atoms with Crippen LogP contribution in [0.1, 0.15) is 45.4 Å². The average Bonchev–Trinajstić information content (AvgIpc) is 3.23. The van der Waals surface area contributed by atoms with Crippen molar-refractivity contribution in [2.45, 2.75) is 45.4 Å². The van der Waals surface area contributed by atoms with Gasteiger partial charge in [-0.1, -0.05) is 25.0 Å². The highest BCUT2D eigenvalue weighted by Gasteiger charge is 2.33. The normalized spacial score (nSPS) is 17.5. The Labute approximate surface area is 203 Å². The molecule has 0 saturated heterocycles. The van der Waals surface area contributed by atoms with Crippen molar-refractivity contribution < 1.29 is 14.3 Å². The van der Waals surface area contributed by atoms with Crippen molar-refractivity contribution in [2.75, 3.05) is 51.4 Å². The summed E-state index contributed by atoms with van der Waals surface area (Å²) in [4.78, 5) is 18.5. The van der Waals surface area contributed by atoms with Crippen LogP contribution in [0.2, 0.25) is 0 Å². The van der Waals surface area contributed by atoms with E-state index in [9.17, 15) is 4.79 Å². The van der Waals surface area contributed by atoms with Gasteiger partial charge in [0.25, 0.3) is 5.91 Å². The Morgan fingerprint density at radius 1 is 1.26 bits per heavy atom. The lowest BCUT2D eigenvalue weighted by atomic mass is 9.83. The fourth-order valence-corrected chi connectivity index (χ4v) is 4.41. The minimum atomic E-state index is 0. The van der Waals surface area contributed by atoms with Crippen LogP contribution in [0.5, 0.6) is 5.75 Å². The molecule has 0 atom stereocenters. The van der Waals surface area contributed by atoms with Crippen molar-refractivity contribution in [1.82, 2.24) is 10.6 Å². The van der Waals surface area contributed by atoms with Gasteiger partial charge in [-0.2, -0.15) is 0 Å². The van der Waals surface area contributed by atoms with Gasteiger partial charge in [0.05, 0.1) is 5.69 Å². The summed E-state index contributed by atoms with van der Waals surface area (Å²) in [5, 5.41) is 6.92. The number of amides is 1. The van der Waals surface area contributed by atoms with Gasteiger partial charge >= 0.3 is 0 Å². The summed E-state index contributed by atoms with van der Waals surface area (Å²) in [7, 11) is 1.80. The number of benzene rings is 1. The molecule has 1 aromatic carbocycles. The summed E-state index contributed by atoms with van der Waals surface area (Å²) in [5.74, 6) is 1.61. The monoisotopic (exact) mass is 544 g/mol. The summed E-state index contributed by atoms with van der Waals surface area (Å²) in [5.41, 5.74) is 1.17. The Bertz CT molecular complexity index is 723. The molecule has 1 saturated carbocycles. The van der Waals surface area contributed by atoms with Gasteiger partial charge in [0.2, 0.25) is 0 Å². The number of aliphatic imine (C=N–C) groups is 1. The van der Waals surface area contributed by atoms with Crippen molar-refractivity contribution >= 4 is 41.5 Å². The zero-order valence-corrected chi connectivity index (χ0v) is 21.2. The van der Waals surface area contributed by atoms with Crippen molar-refractivity contribution in [1.29, 1.82) is 0 Å². The van der Waals surface area contributed by atoms with Gasteiger partial charge in [0.1, 0.15) is 5.75 Å². The largest absolute Gasteiger partial charge is 0.482 e. The molecule has 1 aliphatic carbocycles. The molecular formula is C23H37IN4O3. The van der Waals surface area contributed by atoms with E-state index in [1.807, 2.05) is 29.2 Å². The molecule has 31 heavy (non-hydrogen) atoms. The lowest BCUT2D eigenvalue weighted by molar-refractivity contribution is -0.121. The van der Waals surface area contributed by atoms with Gasteiger partial charge in [0, 0.05) is 39.9 Å². The molecule has 1 amide bonds. The molecule has 7 nitrogen and oxygen atoms in total. The number of carbonyl (C=O) groups is 1. The molecule has 174 valence electrons. The van der Waals surface area contributed by atoms with Crippen molar-refractivity contribution in [2.24, 2.45) is 10.4 Å². The van der Waals surface area contributed by atoms with Crippen LogP contribution >= 0.6 is 24.0 Å². The van der Waals surface area contributed by atoms with Crippen LogP contribution in [0.3, 0.4) is 0 Å².